The third-order valence-corrected chi connectivity index (χ3v) is 1.94. The molecule has 14 heavy (non-hydrogen) atoms. The van der Waals surface area contributed by atoms with Crippen LogP contribution in [-0.2, 0) is 6.54 Å². The van der Waals surface area contributed by atoms with Gasteiger partial charge in [0.2, 0.25) is 0 Å². The molecule has 0 saturated carbocycles. The minimum absolute atomic E-state index is 0.624. The van der Waals surface area contributed by atoms with Crippen LogP contribution in [0.5, 0.6) is 0 Å². The van der Waals surface area contributed by atoms with E-state index in [4.69, 9.17) is 5.26 Å². The monoisotopic (exact) mass is 189 g/mol. The summed E-state index contributed by atoms with van der Waals surface area (Å²) in [6.07, 6.45) is 3.42. The number of rotatable bonds is 5. The number of unbranched alkanes of at least 4 members (excludes halogenated alkanes) is 1. The van der Waals surface area contributed by atoms with Crippen molar-refractivity contribution in [2.24, 2.45) is 0 Å². The third kappa shape index (κ3) is 4.01. The fourth-order valence-corrected chi connectivity index (χ4v) is 1.13. The minimum atomic E-state index is 0.624. The van der Waals surface area contributed by atoms with Crippen molar-refractivity contribution >= 4 is 0 Å². The largest absolute Gasteiger partial charge is 0.313 e. The summed E-state index contributed by atoms with van der Waals surface area (Å²) in [5.41, 5.74) is 2.23. The maximum absolute atomic E-state index is 8.33. The molecule has 0 aliphatic rings. The fourth-order valence-electron chi connectivity index (χ4n) is 1.13. The van der Waals surface area contributed by atoms with E-state index in [0.717, 1.165) is 25.2 Å². The van der Waals surface area contributed by atoms with Crippen LogP contribution in [-0.4, -0.2) is 11.5 Å². The molecular formula is C11H15N3. The molecule has 74 valence electrons. The van der Waals surface area contributed by atoms with E-state index in [1.54, 1.807) is 0 Å². The van der Waals surface area contributed by atoms with Crippen molar-refractivity contribution in [1.82, 2.24) is 10.3 Å². The quantitative estimate of drug-likeness (QED) is 0.718. The van der Waals surface area contributed by atoms with Crippen molar-refractivity contribution in [2.75, 3.05) is 6.54 Å². The molecule has 1 rings (SSSR count). The van der Waals surface area contributed by atoms with E-state index in [0.29, 0.717) is 6.42 Å². The molecule has 0 fully saturated rings. The van der Waals surface area contributed by atoms with Crippen LogP contribution in [0.1, 0.15) is 24.1 Å². The van der Waals surface area contributed by atoms with Crippen molar-refractivity contribution in [3.05, 3.63) is 29.6 Å². The highest BCUT2D eigenvalue weighted by molar-refractivity contribution is 5.12. The molecule has 0 radical (unpaired) electrons. The average molecular weight is 189 g/mol. The first-order chi connectivity index (χ1) is 6.83. The Balaban J connectivity index is 2.19. The van der Waals surface area contributed by atoms with Gasteiger partial charge in [-0.25, -0.2) is 0 Å². The lowest BCUT2D eigenvalue weighted by Crippen LogP contribution is -2.14. The van der Waals surface area contributed by atoms with Crippen LogP contribution < -0.4 is 5.32 Å². The Labute approximate surface area is 84.8 Å². The lowest BCUT2D eigenvalue weighted by Gasteiger charge is -2.02. The highest BCUT2D eigenvalue weighted by Crippen LogP contribution is 1.98. The molecule has 0 saturated heterocycles. The van der Waals surface area contributed by atoms with E-state index in [-0.39, 0.29) is 0 Å². The molecule has 0 aromatic carbocycles. The summed E-state index contributed by atoms with van der Waals surface area (Å²) in [6.45, 7) is 3.70. The molecule has 0 amide bonds. The van der Waals surface area contributed by atoms with Gasteiger partial charge in [0.05, 0.1) is 6.07 Å². The van der Waals surface area contributed by atoms with E-state index >= 15 is 0 Å². The average Bonchev–Trinajstić information content (AvgIpc) is 2.21. The van der Waals surface area contributed by atoms with Crippen LogP contribution in [0, 0.1) is 18.3 Å². The zero-order valence-electron chi connectivity index (χ0n) is 8.45. The molecule has 0 bridgehead atoms. The van der Waals surface area contributed by atoms with Gasteiger partial charge in [0.25, 0.3) is 0 Å². The Morgan fingerprint density at radius 3 is 3.00 bits per heavy atom. The first kappa shape index (κ1) is 10.7. The number of hydrogen-bond donors (Lipinski definition) is 1. The van der Waals surface area contributed by atoms with Crippen LogP contribution in [0.4, 0.5) is 0 Å². The second kappa shape index (κ2) is 6.11. The highest BCUT2D eigenvalue weighted by atomic mass is 14.8. The molecule has 1 aromatic rings. The molecule has 0 spiro atoms. The maximum Gasteiger partial charge on any atom is 0.0622 e. The highest BCUT2D eigenvalue weighted by Gasteiger charge is 1.92. The lowest BCUT2D eigenvalue weighted by atomic mass is 10.2. The maximum atomic E-state index is 8.33. The second-order valence-electron chi connectivity index (χ2n) is 3.25. The Hall–Kier alpha value is -1.40. The van der Waals surface area contributed by atoms with Gasteiger partial charge in [-0.05, 0) is 31.5 Å². The van der Waals surface area contributed by atoms with Crippen LogP contribution in [0.2, 0.25) is 0 Å². The Bertz CT molecular complexity index is 297. The molecule has 0 aliphatic carbocycles. The zero-order valence-corrected chi connectivity index (χ0v) is 8.45. The van der Waals surface area contributed by atoms with Crippen LogP contribution in [0.15, 0.2) is 18.3 Å². The summed E-state index contributed by atoms with van der Waals surface area (Å²) in [5.74, 6) is 0. The molecule has 1 aromatic heterocycles. The normalized spacial score (nSPS) is 9.71. The van der Waals surface area contributed by atoms with Gasteiger partial charge in [0.1, 0.15) is 0 Å². The van der Waals surface area contributed by atoms with E-state index in [1.807, 2.05) is 19.2 Å². The Morgan fingerprint density at radius 1 is 1.50 bits per heavy atom. The lowest BCUT2D eigenvalue weighted by molar-refractivity contribution is 0.656. The van der Waals surface area contributed by atoms with Crippen LogP contribution >= 0.6 is 0 Å². The molecule has 0 unspecified atom stereocenters. The summed E-state index contributed by atoms with van der Waals surface area (Å²) < 4.78 is 0. The summed E-state index contributed by atoms with van der Waals surface area (Å²) in [5, 5.41) is 11.6. The number of aromatic nitrogens is 1. The van der Waals surface area contributed by atoms with Gasteiger partial charge in [-0.1, -0.05) is 6.07 Å². The van der Waals surface area contributed by atoms with Gasteiger partial charge >= 0.3 is 0 Å². The second-order valence-corrected chi connectivity index (χ2v) is 3.25. The van der Waals surface area contributed by atoms with Crippen molar-refractivity contribution in [3.63, 3.8) is 0 Å². The molecule has 3 heteroatoms. The molecule has 3 nitrogen and oxygen atoms in total. The molecule has 0 aliphatic heterocycles. The molecule has 0 atom stereocenters. The molecular weight excluding hydrogens is 174 g/mol. The van der Waals surface area contributed by atoms with Gasteiger partial charge in [-0.2, -0.15) is 5.26 Å². The minimum Gasteiger partial charge on any atom is -0.313 e. The number of pyridine rings is 1. The molecule has 1 N–H and O–H groups in total. The summed E-state index contributed by atoms with van der Waals surface area (Å²) in [4.78, 5) is 4.20. The summed E-state index contributed by atoms with van der Waals surface area (Å²) in [6, 6.07) is 6.20. The Kier molecular flexibility index (Phi) is 4.66. The van der Waals surface area contributed by atoms with Crippen molar-refractivity contribution in [3.8, 4) is 6.07 Å². The first-order valence-electron chi connectivity index (χ1n) is 4.82. The number of nitrogens with zero attached hydrogens (tertiary/aromatic N) is 2. The van der Waals surface area contributed by atoms with Crippen molar-refractivity contribution in [2.45, 2.75) is 26.3 Å². The van der Waals surface area contributed by atoms with Gasteiger partial charge in [-0.15, -0.1) is 0 Å². The zero-order chi connectivity index (χ0) is 10.2. The molecule has 1 heterocycles. The van der Waals surface area contributed by atoms with E-state index in [1.165, 1.54) is 5.56 Å². The van der Waals surface area contributed by atoms with Gasteiger partial charge in [-0.3, -0.25) is 4.98 Å². The number of nitrogens with one attached hydrogen (secondary N) is 1. The predicted octanol–water partition coefficient (Wildman–Crippen LogP) is 1.78. The Morgan fingerprint density at radius 2 is 2.36 bits per heavy atom. The number of aryl methyl sites for hydroxylation is 1. The van der Waals surface area contributed by atoms with Gasteiger partial charge in [0.15, 0.2) is 0 Å². The van der Waals surface area contributed by atoms with E-state index < -0.39 is 0 Å². The predicted molar refractivity (Wildman–Crippen MR) is 55.5 cm³/mol. The van der Waals surface area contributed by atoms with Crippen LogP contribution in [0.25, 0.3) is 0 Å². The third-order valence-electron chi connectivity index (χ3n) is 1.94. The first-order valence-corrected chi connectivity index (χ1v) is 4.82. The van der Waals surface area contributed by atoms with Gasteiger partial charge in [0, 0.05) is 24.9 Å². The van der Waals surface area contributed by atoms with Crippen LogP contribution in [0.3, 0.4) is 0 Å². The SMILES string of the molecule is Cc1ccc(CNCCCC#N)cn1. The van der Waals surface area contributed by atoms with Crippen molar-refractivity contribution < 1.29 is 0 Å². The smallest absolute Gasteiger partial charge is 0.0622 e. The summed E-state index contributed by atoms with van der Waals surface area (Å²) in [7, 11) is 0. The van der Waals surface area contributed by atoms with Crippen molar-refractivity contribution in [1.29, 1.82) is 5.26 Å². The topological polar surface area (TPSA) is 48.7 Å². The fraction of sp³-hybridized carbons (Fsp3) is 0.455. The van der Waals surface area contributed by atoms with E-state index in [9.17, 15) is 0 Å². The van der Waals surface area contributed by atoms with E-state index in [2.05, 4.69) is 22.4 Å². The number of nitriles is 1. The standard InChI is InChI=1S/C11H15N3/c1-10-4-5-11(9-14-10)8-13-7-3-2-6-12/h4-5,9,13H,2-3,7-8H2,1H3. The number of hydrogen-bond acceptors (Lipinski definition) is 3. The summed E-state index contributed by atoms with van der Waals surface area (Å²) >= 11 is 0. The van der Waals surface area contributed by atoms with Gasteiger partial charge < -0.3 is 5.32 Å².